The Hall–Kier alpha value is -1.49. The van der Waals surface area contributed by atoms with Crippen LogP contribution in [0.1, 0.15) is 6.92 Å². The third-order valence-corrected chi connectivity index (χ3v) is 3.13. The van der Waals surface area contributed by atoms with Crippen LogP contribution in [0.2, 0.25) is 0 Å². The Labute approximate surface area is 104 Å². The van der Waals surface area contributed by atoms with Crippen molar-refractivity contribution in [1.29, 1.82) is 0 Å². The molecule has 1 amide bonds. The monoisotopic (exact) mass is 250 g/mol. The molecule has 0 aliphatic carbocycles. The molecule has 0 aromatic heterocycles. The Morgan fingerprint density at radius 2 is 2.24 bits per heavy atom. The van der Waals surface area contributed by atoms with E-state index in [1.54, 1.807) is 18.7 Å². The van der Waals surface area contributed by atoms with E-state index in [9.17, 15) is 4.79 Å². The summed E-state index contributed by atoms with van der Waals surface area (Å²) in [5.74, 6) is 1.46. The Morgan fingerprint density at radius 3 is 2.88 bits per heavy atom. The van der Waals surface area contributed by atoms with Crippen molar-refractivity contribution in [2.45, 2.75) is 13.0 Å². The standard InChI is InChI=1S/C12H14N2O2S/c1-9(16-10-5-3-2-4-6-10)11(15)14-12-13-7-8-17-12/h2-6,9H,7-8H2,1H3,(H,13,14,15)/t9-/m1/s1. The first kappa shape index (κ1) is 12.0. The summed E-state index contributed by atoms with van der Waals surface area (Å²) in [5.41, 5.74) is 0. The average molecular weight is 250 g/mol. The van der Waals surface area contributed by atoms with Crippen molar-refractivity contribution in [3.05, 3.63) is 30.3 Å². The molecule has 1 N–H and O–H groups in total. The fourth-order valence-electron chi connectivity index (χ4n) is 1.37. The first-order chi connectivity index (χ1) is 8.25. The third-order valence-electron chi connectivity index (χ3n) is 2.24. The highest BCUT2D eigenvalue weighted by Gasteiger charge is 2.18. The van der Waals surface area contributed by atoms with E-state index >= 15 is 0 Å². The van der Waals surface area contributed by atoms with Gasteiger partial charge in [-0.1, -0.05) is 30.0 Å². The topological polar surface area (TPSA) is 50.7 Å². The van der Waals surface area contributed by atoms with Crippen molar-refractivity contribution in [3.8, 4) is 5.75 Å². The van der Waals surface area contributed by atoms with Crippen LogP contribution in [-0.2, 0) is 4.79 Å². The number of carbonyl (C=O) groups is 1. The highest BCUT2D eigenvalue weighted by atomic mass is 32.2. The molecule has 5 heteroatoms. The number of amides is 1. The minimum atomic E-state index is -0.527. The van der Waals surface area contributed by atoms with Crippen LogP contribution in [0.15, 0.2) is 35.3 Å². The summed E-state index contributed by atoms with van der Waals surface area (Å²) in [6.07, 6.45) is -0.527. The number of nitrogens with zero attached hydrogens (tertiary/aromatic N) is 1. The van der Waals surface area contributed by atoms with Crippen molar-refractivity contribution >= 4 is 22.8 Å². The molecule has 1 aromatic carbocycles. The van der Waals surface area contributed by atoms with E-state index in [0.29, 0.717) is 10.9 Å². The molecule has 0 spiro atoms. The number of amidine groups is 1. The molecule has 0 saturated heterocycles. The third kappa shape index (κ3) is 3.49. The van der Waals surface area contributed by atoms with Crippen LogP contribution in [0.25, 0.3) is 0 Å². The van der Waals surface area contributed by atoms with Crippen molar-refractivity contribution in [1.82, 2.24) is 5.32 Å². The van der Waals surface area contributed by atoms with E-state index < -0.39 is 6.10 Å². The van der Waals surface area contributed by atoms with Gasteiger partial charge in [0.1, 0.15) is 5.75 Å². The number of hydrogen-bond donors (Lipinski definition) is 1. The lowest BCUT2D eigenvalue weighted by Gasteiger charge is -2.14. The van der Waals surface area contributed by atoms with E-state index in [0.717, 1.165) is 12.3 Å². The second-order valence-electron chi connectivity index (χ2n) is 3.60. The van der Waals surface area contributed by atoms with Gasteiger partial charge in [-0.15, -0.1) is 0 Å². The lowest BCUT2D eigenvalue weighted by molar-refractivity contribution is -0.125. The zero-order chi connectivity index (χ0) is 12.1. The number of nitrogens with one attached hydrogen (secondary N) is 1. The number of aliphatic imine (C=N–C) groups is 1. The molecule has 1 heterocycles. The predicted octanol–water partition coefficient (Wildman–Crippen LogP) is 1.67. The molecule has 0 bridgehead atoms. The summed E-state index contributed by atoms with van der Waals surface area (Å²) in [7, 11) is 0. The molecule has 90 valence electrons. The van der Waals surface area contributed by atoms with Gasteiger partial charge in [0.05, 0.1) is 6.54 Å². The van der Waals surface area contributed by atoms with Crippen molar-refractivity contribution in [2.24, 2.45) is 4.99 Å². The molecule has 1 aromatic rings. The zero-order valence-electron chi connectivity index (χ0n) is 9.55. The molecule has 2 rings (SSSR count). The fraction of sp³-hybridized carbons (Fsp3) is 0.333. The molecule has 4 nitrogen and oxygen atoms in total. The number of hydrogen-bond acceptors (Lipinski definition) is 4. The van der Waals surface area contributed by atoms with Gasteiger partial charge in [0, 0.05) is 5.75 Å². The normalized spacial score (nSPS) is 16.2. The van der Waals surface area contributed by atoms with Crippen LogP contribution in [0.5, 0.6) is 5.75 Å². The minimum absolute atomic E-state index is 0.165. The van der Waals surface area contributed by atoms with Crippen LogP contribution < -0.4 is 10.1 Å². The number of carbonyl (C=O) groups excluding carboxylic acids is 1. The zero-order valence-corrected chi connectivity index (χ0v) is 10.4. The lowest BCUT2D eigenvalue weighted by atomic mass is 10.3. The van der Waals surface area contributed by atoms with Gasteiger partial charge in [-0.05, 0) is 19.1 Å². The number of thioether (sulfide) groups is 1. The molecule has 1 aliphatic heterocycles. The van der Waals surface area contributed by atoms with Gasteiger partial charge in [-0.3, -0.25) is 9.79 Å². The largest absolute Gasteiger partial charge is 0.481 e. The summed E-state index contributed by atoms with van der Waals surface area (Å²) >= 11 is 1.56. The van der Waals surface area contributed by atoms with Gasteiger partial charge in [0.15, 0.2) is 11.3 Å². The lowest BCUT2D eigenvalue weighted by Crippen LogP contribution is -2.38. The van der Waals surface area contributed by atoms with Gasteiger partial charge >= 0.3 is 0 Å². The van der Waals surface area contributed by atoms with Gasteiger partial charge in [0.25, 0.3) is 5.91 Å². The highest BCUT2D eigenvalue weighted by Crippen LogP contribution is 2.12. The maximum atomic E-state index is 11.8. The van der Waals surface area contributed by atoms with Gasteiger partial charge < -0.3 is 10.1 Å². The van der Waals surface area contributed by atoms with Gasteiger partial charge in [-0.2, -0.15) is 0 Å². The molecule has 0 unspecified atom stereocenters. The van der Waals surface area contributed by atoms with Gasteiger partial charge in [0.2, 0.25) is 0 Å². The smallest absolute Gasteiger partial charge is 0.266 e. The first-order valence-corrected chi connectivity index (χ1v) is 6.44. The summed E-state index contributed by atoms with van der Waals surface area (Å²) in [4.78, 5) is 15.9. The molecule has 17 heavy (non-hydrogen) atoms. The van der Waals surface area contributed by atoms with E-state index in [2.05, 4.69) is 10.3 Å². The summed E-state index contributed by atoms with van der Waals surface area (Å²) in [6, 6.07) is 9.30. The fourth-order valence-corrected chi connectivity index (χ4v) is 2.11. The second kappa shape index (κ2) is 5.72. The van der Waals surface area contributed by atoms with Crippen molar-refractivity contribution in [3.63, 3.8) is 0 Å². The second-order valence-corrected chi connectivity index (χ2v) is 4.68. The first-order valence-electron chi connectivity index (χ1n) is 5.45. The SMILES string of the molecule is C[C@@H](Oc1ccccc1)C(=O)NC1=NCCS1. The molecule has 0 saturated carbocycles. The Bertz CT molecular complexity index is 420. The van der Waals surface area contributed by atoms with Crippen LogP contribution in [-0.4, -0.2) is 29.5 Å². The maximum absolute atomic E-state index is 11.8. The van der Waals surface area contributed by atoms with Crippen LogP contribution >= 0.6 is 11.8 Å². The number of rotatable bonds is 3. The quantitative estimate of drug-likeness (QED) is 0.888. The Balaban J connectivity index is 1.87. The molecule has 1 aliphatic rings. The van der Waals surface area contributed by atoms with Crippen molar-refractivity contribution < 1.29 is 9.53 Å². The van der Waals surface area contributed by atoms with Gasteiger partial charge in [-0.25, -0.2) is 0 Å². The minimum Gasteiger partial charge on any atom is -0.481 e. The molecule has 1 atom stereocenters. The number of ether oxygens (including phenoxy) is 1. The molecule has 0 radical (unpaired) electrons. The summed E-state index contributed by atoms with van der Waals surface area (Å²) in [6.45, 7) is 2.50. The van der Waals surface area contributed by atoms with E-state index in [1.807, 2.05) is 30.3 Å². The highest BCUT2D eigenvalue weighted by molar-refractivity contribution is 8.14. The Morgan fingerprint density at radius 1 is 1.47 bits per heavy atom. The van der Waals surface area contributed by atoms with Crippen LogP contribution in [0, 0.1) is 0 Å². The van der Waals surface area contributed by atoms with E-state index in [4.69, 9.17) is 4.74 Å². The Kier molecular flexibility index (Phi) is 4.03. The number of para-hydroxylation sites is 1. The average Bonchev–Trinajstić information content (AvgIpc) is 2.83. The predicted molar refractivity (Wildman–Crippen MR) is 69.4 cm³/mol. The van der Waals surface area contributed by atoms with E-state index in [-0.39, 0.29) is 5.91 Å². The van der Waals surface area contributed by atoms with Crippen LogP contribution in [0.3, 0.4) is 0 Å². The summed E-state index contributed by atoms with van der Waals surface area (Å²) < 4.78 is 5.51. The van der Waals surface area contributed by atoms with Crippen LogP contribution in [0.4, 0.5) is 0 Å². The summed E-state index contributed by atoms with van der Waals surface area (Å²) in [5, 5.41) is 3.44. The van der Waals surface area contributed by atoms with E-state index in [1.165, 1.54) is 0 Å². The molecular formula is C12H14N2O2S. The molecule has 0 fully saturated rings. The molecular weight excluding hydrogens is 236 g/mol. The maximum Gasteiger partial charge on any atom is 0.266 e. The van der Waals surface area contributed by atoms with Crippen molar-refractivity contribution in [2.75, 3.05) is 12.3 Å². The number of benzene rings is 1.